The highest BCUT2D eigenvalue weighted by Crippen LogP contribution is 2.39. The number of ether oxygens (including phenoxy) is 3. The van der Waals surface area contributed by atoms with Gasteiger partial charge in [0.15, 0.2) is 5.82 Å². The van der Waals surface area contributed by atoms with Gasteiger partial charge in [0.2, 0.25) is 0 Å². The Labute approximate surface area is 247 Å². The predicted molar refractivity (Wildman–Crippen MR) is 154 cm³/mol. The number of aromatic nitrogens is 2. The summed E-state index contributed by atoms with van der Waals surface area (Å²) in [5, 5.41) is 16.8. The molecule has 0 radical (unpaired) electrons. The summed E-state index contributed by atoms with van der Waals surface area (Å²) in [7, 11) is 4.50. The standard InChI is InChI=1S/C30H41N5O7/c1-18(36)24(19-13-21(39-9)15-22(14-19)40-10)25-23(16-31)26(33(8)28(38)41-30(5,6)7)35(32-25)20-11-12-34(17-20)42-27(37)29(2,3)4/h13-15,20,24H,11-12,17H2,1-10H3/t20-,24?/m0/s1. The number of ketones is 1. The molecule has 1 unspecified atom stereocenters. The van der Waals surface area contributed by atoms with Crippen molar-refractivity contribution < 1.29 is 33.4 Å². The fourth-order valence-electron chi connectivity index (χ4n) is 4.57. The number of nitriles is 1. The first-order valence-corrected chi connectivity index (χ1v) is 13.7. The van der Waals surface area contributed by atoms with Crippen molar-refractivity contribution in [3.8, 4) is 17.6 Å². The van der Waals surface area contributed by atoms with Crippen LogP contribution in [0.15, 0.2) is 18.2 Å². The highest BCUT2D eigenvalue weighted by Gasteiger charge is 2.38. The van der Waals surface area contributed by atoms with E-state index in [1.165, 1.54) is 33.1 Å². The molecule has 2 atom stereocenters. The van der Waals surface area contributed by atoms with Gasteiger partial charge < -0.3 is 19.0 Å². The van der Waals surface area contributed by atoms with Gasteiger partial charge in [0.05, 0.1) is 43.8 Å². The molecule has 1 aliphatic heterocycles. The molecule has 42 heavy (non-hydrogen) atoms. The molecule has 12 nitrogen and oxygen atoms in total. The molecule has 12 heteroatoms. The number of hydroxylamine groups is 2. The number of rotatable bonds is 8. The van der Waals surface area contributed by atoms with Crippen LogP contribution in [0.3, 0.4) is 0 Å². The number of anilines is 1. The first-order valence-electron chi connectivity index (χ1n) is 13.7. The smallest absolute Gasteiger partial charge is 0.415 e. The number of methoxy groups -OCH3 is 2. The predicted octanol–water partition coefficient (Wildman–Crippen LogP) is 4.62. The van der Waals surface area contributed by atoms with Crippen LogP contribution in [-0.2, 0) is 19.2 Å². The van der Waals surface area contributed by atoms with E-state index in [-0.39, 0.29) is 41.4 Å². The molecule has 228 valence electrons. The Balaban J connectivity index is 2.18. The number of Topliss-reactive ketones (excluding diaryl/α,β-unsaturated/α-hetero) is 1. The van der Waals surface area contributed by atoms with Gasteiger partial charge in [-0.25, -0.2) is 14.3 Å². The topological polar surface area (TPSA) is 136 Å². The number of carbonyl (C=O) groups is 3. The zero-order valence-corrected chi connectivity index (χ0v) is 26.1. The van der Waals surface area contributed by atoms with Crippen LogP contribution < -0.4 is 14.4 Å². The monoisotopic (exact) mass is 583 g/mol. The van der Waals surface area contributed by atoms with Gasteiger partial charge in [-0.05, 0) is 72.6 Å². The summed E-state index contributed by atoms with van der Waals surface area (Å²) in [6.45, 7) is 12.6. The molecule has 0 aliphatic carbocycles. The van der Waals surface area contributed by atoms with Gasteiger partial charge in [-0.1, -0.05) is 0 Å². The first-order chi connectivity index (χ1) is 19.5. The third kappa shape index (κ3) is 7.20. The summed E-state index contributed by atoms with van der Waals surface area (Å²) < 4.78 is 18.0. The minimum atomic E-state index is -0.966. The quantitative estimate of drug-likeness (QED) is 0.433. The SMILES string of the molecule is COc1cc(OC)cc(C(C(C)=O)c2nn([C@H]3CCN(OC(=O)C(C)(C)C)C3)c(N(C)C(=O)OC(C)(C)C)c2C#N)c1. The molecular formula is C30H41N5O7. The number of amides is 1. The Hall–Kier alpha value is -4.11. The highest BCUT2D eigenvalue weighted by atomic mass is 16.7. The zero-order chi connectivity index (χ0) is 31.6. The molecule has 1 amide bonds. The fourth-order valence-corrected chi connectivity index (χ4v) is 4.57. The largest absolute Gasteiger partial charge is 0.497 e. The minimum absolute atomic E-state index is 0.0514. The second-order valence-corrected chi connectivity index (χ2v) is 12.3. The number of nitrogens with zero attached hydrogens (tertiary/aromatic N) is 5. The molecule has 2 aromatic rings. The fraction of sp³-hybridized carbons (Fsp3) is 0.567. The van der Waals surface area contributed by atoms with Crippen LogP contribution in [-0.4, -0.2) is 72.6 Å². The lowest BCUT2D eigenvalue weighted by Crippen LogP contribution is -2.36. The van der Waals surface area contributed by atoms with Crippen molar-refractivity contribution in [2.45, 2.75) is 72.4 Å². The van der Waals surface area contributed by atoms with Crippen LogP contribution in [0, 0.1) is 16.7 Å². The third-order valence-corrected chi connectivity index (χ3v) is 6.69. The van der Waals surface area contributed by atoms with E-state index in [0.29, 0.717) is 30.0 Å². The molecule has 1 aliphatic rings. The Morgan fingerprint density at radius 1 is 1.07 bits per heavy atom. The molecular weight excluding hydrogens is 542 g/mol. The van der Waals surface area contributed by atoms with Gasteiger partial charge in [0.1, 0.15) is 34.5 Å². The van der Waals surface area contributed by atoms with Crippen LogP contribution in [0.5, 0.6) is 11.5 Å². The van der Waals surface area contributed by atoms with E-state index in [2.05, 4.69) is 6.07 Å². The van der Waals surface area contributed by atoms with Crippen LogP contribution in [0.4, 0.5) is 10.6 Å². The normalized spacial score (nSPS) is 16.4. The lowest BCUT2D eigenvalue weighted by molar-refractivity contribution is -0.195. The van der Waals surface area contributed by atoms with Crippen LogP contribution in [0.2, 0.25) is 0 Å². The summed E-state index contributed by atoms with van der Waals surface area (Å²) in [6.07, 6.45) is -0.181. The van der Waals surface area contributed by atoms with Crippen LogP contribution >= 0.6 is 0 Å². The molecule has 0 bridgehead atoms. The molecule has 0 N–H and O–H groups in total. The molecule has 3 rings (SSSR count). The third-order valence-electron chi connectivity index (χ3n) is 6.69. The van der Waals surface area contributed by atoms with Gasteiger partial charge in [-0.2, -0.15) is 10.4 Å². The lowest BCUT2D eigenvalue weighted by Gasteiger charge is -2.26. The van der Waals surface area contributed by atoms with Gasteiger partial charge in [-0.3, -0.25) is 9.69 Å². The molecule has 2 heterocycles. The lowest BCUT2D eigenvalue weighted by atomic mass is 9.89. The molecule has 1 aromatic heterocycles. The average molecular weight is 584 g/mol. The highest BCUT2D eigenvalue weighted by molar-refractivity contribution is 5.91. The Bertz CT molecular complexity index is 1360. The van der Waals surface area contributed by atoms with E-state index in [9.17, 15) is 19.6 Å². The average Bonchev–Trinajstić information content (AvgIpc) is 3.50. The van der Waals surface area contributed by atoms with E-state index in [0.717, 1.165) is 0 Å². The van der Waals surface area contributed by atoms with Crippen LogP contribution in [0.1, 0.15) is 83.7 Å². The number of hydrogen-bond acceptors (Lipinski definition) is 10. The van der Waals surface area contributed by atoms with Crippen molar-refractivity contribution >= 4 is 23.7 Å². The van der Waals surface area contributed by atoms with Crippen molar-refractivity contribution in [3.63, 3.8) is 0 Å². The molecule has 0 saturated carbocycles. The molecule has 1 saturated heterocycles. The zero-order valence-electron chi connectivity index (χ0n) is 26.1. The maximum Gasteiger partial charge on any atom is 0.415 e. The second kappa shape index (κ2) is 12.4. The first kappa shape index (κ1) is 32.4. The van der Waals surface area contributed by atoms with E-state index in [1.807, 2.05) is 0 Å². The Kier molecular flexibility index (Phi) is 9.57. The van der Waals surface area contributed by atoms with Gasteiger partial charge in [-0.15, -0.1) is 5.06 Å². The van der Waals surface area contributed by atoms with Crippen molar-refractivity contribution in [1.82, 2.24) is 14.8 Å². The summed E-state index contributed by atoms with van der Waals surface area (Å²) in [5.41, 5.74) is -0.750. The van der Waals surface area contributed by atoms with Gasteiger partial charge in [0.25, 0.3) is 0 Å². The number of benzene rings is 1. The van der Waals surface area contributed by atoms with E-state index in [4.69, 9.17) is 24.1 Å². The van der Waals surface area contributed by atoms with Crippen LogP contribution in [0.25, 0.3) is 0 Å². The molecule has 1 fully saturated rings. The summed E-state index contributed by atoms with van der Waals surface area (Å²) >= 11 is 0. The summed E-state index contributed by atoms with van der Waals surface area (Å²) in [4.78, 5) is 45.8. The van der Waals surface area contributed by atoms with E-state index >= 15 is 0 Å². The molecule has 0 spiro atoms. The maximum absolute atomic E-state index is 13.2. The Morgan fingerprint density at radius 3 is 2.14 bits per heavy atom. The van der Waals surface area contributed by atoms with Crippen molar-refractivity contribution in [2.24, 2.45) is 5.41 Å². The minimum Gasteiger partial charge on any atom is -0.497 e. The summed E-state index contributed by atoms with van der Waals surface area (Å²) in [5.74, 6) is -0.510. The van der Waals surface area contributed by atoms with E-state index in [1.54, 1.807) is 69.5 Å². The van der Waals surface area contributed by atoms with Crippen molar-refractivity contribution in [3.05, 3.63) is 35.0 Å². The number of carbonyl (C=O) groups excluding carboxylic acids is 3. The van der Waals surface area contributed by atoms with E-state index < -0.39 is 23.0 Å². The van der Waals surface area contributed by atoms with Crippen molar-refractivity contribution in [1.29, 1.82) is 5.26 Å². The second-order valence-electron chi connectivity index (χ2n) is 12.3. The summed E-state index contributed by atoms with van der Waals surface area (Å²) in [6, 6.07) is 6.86. The van der Waals surface area contributed by atoms with Crippen molar-refractivity contribution in [2.75, 3.05) is 39.3 Å². The van der Waals surface area contributed by atoms with Gasteiger partial charge in [0, 0.05) is 19.7 Å². The number of hydrogen-bond donors (Lipinski definition) is 0. The van der Waals surface area contributed by atoms with Gasteiger partial charge >= 0.3 is 12.1 Å². The maximum atomic E-state index is 13.2. The molecule has 1 aromatic carbocycles. The Morgan fingerprint density at radius 2 is 1.67 bits per heavy atom.